The van der Waals surface area contributed by atoms with Crippen LogP contribution in [0.4, 0.5) is 0 Å². The molecule has 2 aromatic carbocycles. The first-order valence-corrected chi connectivity index (χ1v) is 7.33. The lowest BCUT2D eigenvalue weighted by Gasteiger charge is -2.08. The zero-order valence-electron chi connectivity index (χ0n) is 11.6. The molecule has 0 fully saturated rings. The van der Waals surface area contributed by atoms with Gasteiger partial charge in [-0.25, -0.2) is 0 Å². The summed E-state index contributed by atoms with van der Waals surface area (Å²) in [6.07, 6.45) is 0. The number of aromatic amines is 1. The molecular formula is C16H17N3OS. The molecule has 21 heavy (non-hydrogen) atoms. The minimum absolute atomic E-state index is 0.559. The first-order chi connectivity index (χ1) is 10.3. The molecule has 4 nitrogen and oxygen atoms in total. The Balaban J connectivity index is 1.53. The highest BCUT2D eigenvalue weighted by Crippen LogP contribution is 2.11. The van der Waals surface area contributed by atoms with Gasteiger partial charge in [0.25, 0.3) is 0 Å². The van der Waals surface area contributed by atoms with Crippen molar-refractivity contribution in [1.82, 2.24) is 15.0 Å². The Hall–Kier alpha value is -2.11. The van der Waals surface area contributed by atoms with Crippen LogP contribution in [-0.2, 0) is 6.54 Å². The van der Waals surface area contributed by atoms with Gasteiger partial charge in [-0.1, -0.05) is 42.5 Å². The van der Waals surface area contributed by atoms with E-state index in [1.54, 1.807) is 4.73 Å². The van der Waals surface area contributed by atoms with Gasteiger partial charge in [0.15, 0.2) is 0 Å². The van der Waals surface area contributed by atoms with E-state index >= 15 is 0 Å². The summed E-state index contributed by atoms with van der Waals surface area (Å²) in [6, 6.07) is 18.2. The van der Waals surface area contributed by atoms with Crippen molar-refractivity contribution in [2.75, 3.05) is 13.2 Å². The highest BCUT2D eigenvalue weighted by Gasteiger charge is 2.03. The largest absolute Gasteiger partial charge is 0.410 e. The van der Waals surface area contributed by atoms with Gasteiger partial charge < -0.3 is 15.1 Å². The summed E-state index contributed by atoms with van der Waals surface area (Å²) < 4.78 is 2.26. The molecular weight excluding hydrogens is 282 g/mol. The van der Waals surface area contributed by atoms with Gasteiger partial charge in [-0.05, 0) is 29.9 Å². The molecule has 5 heteroatoms. The van der Waals surface area contributed by atoms with Crippen molar-refractivity contribution >= 4 is 23.3 Å². The summed E-state index contributed by atoms with van der Waals surface area (Å²) in [5.41, 5.74) is 3.21. The second kappa shape index (κ2) is 6.56. The molecule has 3 aromatic rings. The van der Waals surface area contributed by atoms with Crippen LogP contribution in [0.25, 0.3) is 11.0 Å². The van der Waals surface area contributed by atoms with Crippen LogP contribution in [0.3, 0.4) is 0 Å². The van der Waals surface area contributed by atoms with E-state index in [0.29, 0.717) is 11.4 Å². The van der Waals surface area contributed by atoms with E-state index in [0.717, 1.165) is 24.1 Å². The van der Waals surface area contributed by atoms with E-state index in [-0.39, 0.29) is 0 Å². The van der Waals surface area contributed by atoms with Crippen molar-refractivity contribution in [3.05, 3.63) is 64.9 Å². The number of benzene rings is 2. The van der Waals surface area contributed by atoms with Crippen LogP contribution in [-0.4, -0.2) is 22.9 Å². The molecule has 0 aliphatic heterocycles. The van der Waals surface area contributed by atoms with E-state index in [1.165, 1.54) is 5.56 Å². The van der Waals surface area contributed by atoms with Gasteiger partial charge in [0.1, 0.15) is 12.1 Å². The summed E-state index contributed by atoms with van der Waals surface area (Å²) in [5, 5.41) is 3.35. The zero-order valence-corrected chi connectivity index (χ0v) is 12.4. The standard InChI is InChI=1S/C16H17N3OS/c21-16-18-14-8-4-5-9-15(14)19(16)20-11-10-17-12-13-6-2-1-3-7-13/h1-9,17H,10-12H2,(H,18,21). The average Bonchev–Trinajstić information content (AvgIpc) is 2.84. The average molecular weight is 299 g/mol. The van der Waals surface area contributed by atoms with Crippen LogP contribution in [0.2, 0.25) is 0 Å². The lowest BCUT2D eigenvalue weighted by atomic mass is 10.2. The number of para-hydroxylation sites is 2. The number of H-pyrrole nitrogens is 1. The molecule has 108 valence electrons. The Labute approximate surface area is 128 Å². The van der Waals surface area contributed by atoms with E-state index in [4.69, 9.17) is 17.1 Å². The smallest absolute Gasteiger partial charge is 0.212 e. The lowest BCUT2D eigenvalue weighted by Crippen LogP contribution is -2.24. The van der Waals surface area contributed by atoms with Crippen LogP contribution >= 0.6 is 12.2 Å². The molecule has 0 saturated carbocycles. The molecule has 1 heterocycles. The lowest BCUT2D eigenvalue weighted by molar-refractivity contribution is 0.117. The molecule has 0 aliphatic rings. The molecule has 0 atom stereocenters. The highest BCUT2D eigenvalue weighted by molar-refractivity contribution is 7.71. The number of hydrogen-bond donors (Lipinski definition) is 2. The maximum atomic E-state index is 5.75. The highest BCUT2D eigenvalue weighted by atomic mass is 32.1. The van der Waals surface area contributed by atoms with Crippen LogP contribution in [0.15, 0.2) is 54.6 Å². The van der Waals surface area contributed by atoms with Gasteiger partial charge in [0.2, 0.25) is 4.77 Å². The Morgan fingerprint density at radius 1 is 1.05 bits per heavy atom. The maximum Gasteiger partial charge on any atom is 0.212 e. The van der Waals surface area contributed by atoms with Crippen molar-refractivity contribution in [2.45, 2.75) is 6.54 Å². The van der Waals surface area contributed by atoms with Crippen LogP contribution in [0.5, 0.6) is 0 Å². The first kappa shape index (κ1) is 13.9. The summed E-state index contributed by atoms with van der Waals surface area (Å²) in [4.78, 5) is 8.87. The molecule has 3 rings (SSSR count). The molecule has 1 aromatic heterocycles. The van der Waals surface area contributed by atoms with E-state index in [9.17, 15) is 0 Å². The minimum Gasteiger partial charge on any atom is -0.410 e. The third-order valence-corrected chi connectivity index (χ3v) is 3.49. The van der Waals surface area contributed by atoms with Gasteiger partial charge >= 0.3 is 0 Å². The number of rotatable bonds is 6. The monoisotopic (exact) mass is 299 g/mol. The maximum absolute atomic E-state index is 5.75. The fourth-order valence-electron chi connectivity index (χ4n) is 2.20. The molecule has 0 unspecified atom stereocenters. The summed E-state index contributed by atoms with van der Waals surface area (Å²) in [6.45, 7) is 2.16. The molecule has 0 saturated heterocycles. The van der Waals surface area contributed by atoms with Gasteiger partial charge in [-0.3, -0.25) is 0 Å². The number of hydrogen-bond acceptors (Lipinski definition) is 3. The van der Waals surface area contributed by atoms with Gasteiger partial charge in [-0.15, -0.1) is 0 Å². The SMILES string of the molecule is S=c1[nH]c2ccccc2n1OCCNCc1ccccc1. The van der Waals surface area contributed by atoms with Crippen LogP contribution in [0.1, 0.15) is 5.56 Å². The molecule has 0 bridgehead atoms. The fourth-order valence-corrected chi connectivity index (χ4v) is 2.46. The van der Waals surface area contributed by atoms with Crippen molar-refractivity contribution < 1.29 is 4.84 Å². The Morgan fingerprint density at radius 3 is 2.67 bits per heavy atom. The number of imidazole rings is 1. The van der Waals surface area contributed by atoms with Crippen LogP contribution < -0.4 is 10.2 Å². The van der Waals surface area contributed by atoms with Crippen molar-refractivity contribution in [3.8, 4) is 0 Å². The van der Waals surface area contributed by atoms with Crippen molar-refractivity contribution in [3.63, 3.8) is 0 Å². The first-order valence-electron chi connectivity index (χ1n) is 6.92. The number of aromatic nitrogens is 2. The van der Waals surface area contributed by atoms with Crippen molar-refractivity contribution in [2.24, 2.45) is 0 Å². The minimum atomic E-state index is 0.559. The second-order valence-electron chi connectivity index (χ2n) is 4.74. The normalized spacial score (nSPS) is 10.9. The third-order valence-electron chi connectivity index (χ3n) is 3.22. The predicted molar refractivity (Wildman–Crippen MR) is 86.7 cm³/mol. The second-order valence-corrected chi connectivity index (χ2v) is 5.12. The van der Waals surface area contributed by atoms with E-state index in [2.05, 4.69) is 22.4 Å². The Kier molecular flexibility index (Phi) is 4.33. The third kappa shape index (κ3) is 3.32. The zero-order chi connectivity index (χ0) is 14.5. The molecule has 0 radical (unpaired) electrons. The number of fused-ring (bicyclic) bond motifs is 1. The molecule has 0 amide bonds. The Morgan fingerprint density at radius 2 is 1.81 bits per heavy atom. The summed E-state index contributed by atoms with van der Waals surface area (Å²) >= 11 is 5.27. The van der Waals surface area contributed by atoms with Crippen LogP contribution in [0, 0.1) is 4.77 Å². The van der Waals surface area contributed by atoms with Crippen molar-refractivity contribution in [1.29, 1.82) is 0 Å². The summed E-state index contributed by atoms with van der Waals surface area (Å²) in [7, 11) is 0. The molecule has 0 spiro atoms. The molecule has 0 aliphatic carbocycles. The fraction of sp³-hybridized carbons (Fsp3) is 0.188. The van der Waals surface area contributed by atoms with Gasteiger partial charge in [0.05, 0.1) is 5.52 Å². The number of nitrogens with zero attached hydrogens (tertiary/aromatic N) is 1. The number of nitrogens with one attached hydrogen (secondary N) is 2. The topological polar surface area (TPSA) is 42.0 Å². The van der Waals surface area contributed by atoms with E-state index < -0.39 is 0 Å². The van der Waals surface area contributed by atoms with Gasteiger partial charge in [0, 0.05) is 13.1 Å². The Bertz CT molecular complexity index is 764. The summed E-state index contributed by atoms with van der Waals surface area (Å²) in [5.74, 6) is 0. The van der Waals surface area contributed by atoms with Gasteiger partial charge in [-0.2, -0.15) is 4.73 Å². The molecule has 2 N–H and O–H groups in total. The predicted octanol–water partition coefficient (Wildman–Crippen LogP) is 2.92. The van der Waals surface area contributed by atoms with E-state index in [1.807, 2.05) is 42.5 Å². The quantitative estimate of drug-likeness (QED) is 0.543.